The van der Waals surface area contributed by atoms with Crippen molar-refractivity contribution in [2.45, 2.75) is 104 Å². The maximum absolute atomic E-state index is 6.70. The zero-order valence-electron chi connectivity index (χ0n) is 13.5. The predicted octanol–water partition coefficient (Wildman–Crippen LogP) is 6.14. The largest absolute Gasteiger partial charge is 0.369 e. The van der Waals surface area contributed by atoms with Crippen molar-refractivity contribution in [3.8, 4) is 0 Å². The van der Waals surface area contributed by atoms with Crippen molar-refractivity contribution in [2.75, 3.05) is 0 Å². The lowest BCUT2D eigenvalue weighted by Gasteiger charge is -2.43. The molecule has 2 heteroatoms. The average molecular weight is 279 g/mol. The number of halogens is 1. The van der Waals surface area contributed by atoms with Crippen LogP contribution in [-0.4, -0.2) is 11.2 Å². The zero-order chi connectivity index (χ0) is 13.4. The molecule has 0 amide bonds. The van der Waals surface area contributed by atoms with E-state index in [0.717, 1.165) is 25.7 Å². The van der Waals surface area contributed by atoms with E-state index in [9.17, 15) is 0 Å². The number of hydrogen-bond donors (Lipinski definition) is 0. The molecule has 0 aromatic heterocycles. The summed E-state index contributed by atoms with van der Waals surface area (Å²) in [5, 5.41) is 0. The van der Waals surface area contributed by atoms with Gasteiger partial charge in [0.05, 0.1) is 11.2 Å². The van der Waals surface area contributed by atoms with Gasteiger partial charge in [0.1, 0.15) is 0 Å². The van der Waals surface area contributed by atoms with Crippen LogP contribution in [0.25, 0.3) is 0 Å². The highest BCUT2D eigenvalue weighted by Crippen LogP contribution is 2.37. The monoisotopic (exact) mass is 278 g/mol. The van der Waals surface area contributed by atoms with Crippen molar-refractivity contribution in [3.05, 3.63) is 0 Å². The van der Waals surface area contributed by atoms with Gasteiger partial charge in [-0.1, -0.05) is 54.4 Å². The van der Waals surface area contributed by atoms with E-state index in [1.807, 2.05) is 0 Å². The molecule has 0 unspecified atom stereocenters. The van der Waals surface area contributed by atoms with Gasteiger partial charge in [-0.25, -0.2) is 0 Å². The van der Waals surface area contributed by atoms with E-state index in [0.29, 0.717) is 0 Å². The standard InChI is InChI=1S/C16H34O.ClH/c1-7-13-15(9-3,10-4)17-16(11-5,12-6)14-8-2;/h7-14H2,1-6H3;1H. The fourth-order valence-corrected chi connectivity index (χ4v) is 2.97. The molecule has 0 saturated carbocycles. The van der Waals surface area contributed by atoms with E-state index < -0.39 is 0 Å². The van der Waals surface area contributed by atoms with Crippen LogP contribution in [0.1, 0.15) is 92.9 Å². The lowest BCUT2D eigenvalue weighted by Crippen LogP contribution is -2.43. The molecule has 0 saturated heterocycles. The quantitative estimate of drug-likeness (QED) is 0.466. The molecule has 0 heterocycles. The van der Waals surface area contributed by atoms with Crippen molar-refractivity contribution >= 4 is 12.4 Å². The first-order valence-electron chi connectivity index (χ1n) is 7.77. The number of ether oxygens (including phenoxy) is 1. The second-order valence-electron chi connectivity index (χ2n) is 5.38. The first kappa shape index (κ1) is 20.6. The SMILES string of the molecule is CCCC(CC)(CC)OC(CC)(CC)CCC.Cl. The second-order valence-corrected chi connectivity index (χ2v) is 5.38. The molecule has 0 spiro atoms. The fourth-order valence-electron chi connectivity index (χ4n) is 2.97. The van der Waals surface area contributed by atoms with Gasteiger partial charge in [-0.15, -0.1) is 12.4 Å². The lowest BCUT2D eigenvalue weighted by atomic mass is 9.86. The van der Waals surface area contributed by atoms with Gasteiger partial charge in [-0.05, 0) is 38.5 Å². The van der Waals surface area contributed by atoms with E-state index in [-0.39, 0.29) is 23.6 Å². The Kier molecular flexibility index (Phi) is 11.5. The van der Waals surface area contributed by atoms with Gasteiger partial charge in [-0.3, -0.25) is 0 Å². The van der Waals surface area contributed by atoms with E-state index in [1.54, 1.807) is 0 Å². The molecule has 0 bridgehead atoms. The Morgan fingerprint density at radius 1 is 0.611 bits per heavy atom. The molecule has 0 radical (unpaired) electrons. The predicted molar refractivity (Wildman–Crippen MR) is 84.8 cm³/mol. The summed E-state index contributed by atoms with van der Waals surface area (Å²) < 4.78 is 6.70. The third-order valence-corrected chi connectivity index (χ3v) is 4.42. The molecule has 0 aliphatic heterocycles. The third-order valence-electron chi connectivity index (χ3n) is 4.42. The van der Waals surface area contributed by atoms with Gasteiger partial charge in [-0.2, -0.15) is 0 Å². The first-order valence-corrected chi connectivity index (χ1v) is 7.77. The van der Waals surface area contributed by atoms with E-state index >= 15 is 0 Å². The summed E-state index contributed by atoms with van der Waals surface area (Å²) in [6.45, 7) is 13.6. The van der Waals surface area contributed by atoms with Crippen LogP contribution in [0.15, 0.2) is 0 Å². The molecule has 0 aliphatic rings. The molecule has 0 aromatic carbocycles. The smallest absolute Gasteiger partial charge is 0.0684 e. The van der Waals surface area contributed by atoms with Crippen molar-refractivity contribution in [3.63, 3.8) is 0 Å². The summed E-state index contributed by atoms with van der Waals surface area (Å²) >= 11 is 0. The summed E-state index contributed by atoms with van der Waals surface area (Å²) in [5.74, 6) is 0. The van der Waals surface area contributed by atoms with Gasteiger partial charge < -0.3 is 4.74 Å². The molecule has 0 aliphatic carbocycles. The summed E-state index contributed by atoms with van der Waals surface area (Å²) in [6.07, 6.45) is 9.41. The normalized spacial score (nSPS) is 12.3. The Balaban J connectivity index is 0. The van der Waals surface area contributed by atoms with Crippen LogP contribution < -0.4 is 0 Å². The van der Waals surface area contributed by atoms with Gasteiger partial charge in [0, 0.05) is 0 Å². The number of hydrogen-bond acceptors (Lipinski definition) is 1. The van der Waals surface area contributed by atoms with Crippen LogP contribution >= 0.6 is 12.4 Å². The second kappa shape index (κ2) is 10.1. The van der Waals surface area contributed by atoms with Crippen LogP contribution in [0, 0.1) is 0 Å². The summed E-state index contributed by atoms with van der Waals surface area (Å²) in [7, 11) is 0. The van der Waals surface area contributed by atoms with Crippen molar-refractivity contribution in [1.29, 1.82) is 0 Å². The maximum atomic E-state index is 6.70. The highest BCUT2D eigenvalue weighted by Gasteiger charge is 2.36. The maximum Gasteiger partial charge on any atom is 0.0684 e. The molecule has 0 atom stereocenters. The molecule has 0 fully saturated rings. The van der Waals surface area contributed by atoms with Crippen molar-refractivity contribution < 1.29 is 4.74 Å². The van der Waals surface area contributed by atoms with E-state index in [2.05, 4.69) is 41.5 Å². The molecule has 0 aromatic rings. The van der Waals surface area contributed by atoms with Crippen LogP contribution in [-0.2, 0) is 4.74 Å². The van der Waals surface area contributed by atoms with Crippen LogP contribution in [0.2, 0.25) is 0 Å². The van der Waals surface area contributed by atoms with Crippen LogP contribution in [0.5, 0.6) is 0 Å². The van der Waals surface area contributed by atoms with Gasteiger partial charge in [0.2, 0.25) is 0 Å². The minimum absolute atomic E-state index is 0. The average Bonchev–Trinajstić information content (AvgIpc) is 2.37. The van der Waals surface area contributed by atoms with Gasteiger partial charge in [0.15, 0.2) is 0 Å². The molecule has 0 rings (SSSR count). The third kappa shape index (κ3) is 5.48. The fraction of sp³-hybridized carbons (Fsp3) is 1.00. The van der Waals surface area contributed by atoms with Crippen molar-refractivity contribution in [1.82, 2.24) is 0 Å². The lowest BCUT2D eigenvalue weighted by molar-refractivity contribution is -0.172. The molecule has 18 heavy (non-hydrogen) atoms. The summed E-state index contributed by atoms with van der Waals surface area (Å²) in [6, 6.07) is 0. The van der Waals surface area contributed by atoms with E-state index in [4.69, 9.17) is 4.74 Å². The molecule has 1 nitrogen and oxygen atoms in total. The highest BCUT2D eigenvalue weighted by atomic mass is 35.5. The molecule has 0 N–H and O–H groups in total. The molecule has 112 valence electrons. The Hall–Kier alpha value is 0.250. The molecular weight excluding hydrogens is 244 g/mol. The Labute approximate surface area is 121 Å². The van der Waals surface area contributed by atoms with E-state index in [1.165, 1.54) is 25.7 Å². The van der Waals surface area contributed by atoms with Crippen LogP contribution in [0.3, 0.4) is 0 Å². The van der Waals surface area contributed by atoms with Gasteiger partial charge in [0.25, 0.3) is 0 Å². The Morgan fingerprint density at radius 2 is 0.889 bits per heavy atom. The minimum Gasteiger partial charge on any atom is -0.369 e. The van der Waals surface area contributed by atoms with Crippen molar-refractivity contribution in [2.24, 2.45) is 0 Å². The highest BCUT2D eigenvalue weighted by molar-refractivity contribution is 5.85. The number of rotatable bonds is 10. The first-order chi connectivity index (χ1) is 8.07. The Bertz CT molecular complexity index is 164. The minimum atomic E-state index is 0. The van der Waals surface area contributed by atoms with Crippen LogP contribution in [0.4, 0.5) is 0 Å². The summed E-state index contributed by atoms with van der Waals surface area (Å²) in [4.78, 5) is 0. The zero-order valence-corrected chi connectivity index (χ0v) is 14.3. The Morgan fingerprint density at radius 3 is 1.06 bits per heavy atom. The molecular formula is C16H35ClO. The topological polar surface area (TPSA) is 9.23 Å². The van der Waals surface area contributed by atoms with Gasteiger partial charge >= 0.3 is 0 Å². The summed E-state index contributed by atoms with van der Waals surface area (Å²) in [5.41, 5.74) is 0.242.